The Hall–Kier alpha value is -2.02. The van der Waals surface area contributed by atoms with E-state index < -0.39 is 17.6 Å². The molecule has 0 bridgehead atoms. The first kappa shape index (κ1) is 14.4. The molecular weight excluding hydrogens is 270 g/mol. The van der Waals surface area contributed by atoms with Gasteiger partial charge in [0.15, 0.2) is 0 Å². The molecule has 1 aliphatic heterocycles. The van der Waals surface area contributed by atoms with Crippen LogP contribution in [0.4, 0.5) is 14.5 Å². The number of rotatable bonds is 4. The van der Waals surface area contributed by atoms with Gasteiger partial charge in [-0.05, 0) is 12.1 Å². The lowest BCUT2D eigenvalue weighted by Crippen LogP contribution is -2.34. The second-order valence-corrected chi connectivity index (χ2v) is 4.55. The summed E-state index contributed by atoms with van der Waals surface area (Å²) in [5.41, 5.74) is 0.102. The highest BCUT2D eigenvalue weighted by Crippen LogP contribution is 2.26. The van der Waals surface area contributed by atoms with E-state index in [-0.39, 0.29) is 43.6 Å². The zero-order valence-corrected chi connectivity index (χ0v) is 10.6. The molecule has 1 saturated heterocycles. The minimum Gasteiger partial charge on any atom is -0.395 e. The fraction of sp³-hybridized carbons (Fsp3) is 0.385. The largest absolute Gasteiger partial charge is 0.395 e. The van der Waals surface area contributed by atoms with Crippen LogP contribution in [-0.4, -0.2) is 36.6 Å². The van der Waals surface area contributed by atoms with Crippen LogP contribution in [0.3, 0.4) is 0 Å². The molecule has 1 atom stereocenters. The number of amides is 2. The van der Waals surface area contributed by atoms with E-state index in [4.69, 9.17) is 5.11 Å². The first-order valence-electron chi connectivity index (χ1n) is 6.16. The number of benzene rings is 1. The van der Waals surface area contributed by atoms with Crippen molar-refractivity contribution in [2.24, 2.45) is 5.92 Å². The van der Waals surface area contributed by atoms with E-state index in [0.29, 0.717) is 0 Å². The molecule has 1 aromatic rings. The zero-order valence-electron chi connectivity index (χ0n) is 10.6. The molecule has 1 unspecified atom stereocenters. The van der Waals surface area contributed by atoms with Gasteiger partial charge in [0, 0.05) is 31.3 Å². The number of aliphatic hydroxyl groups is 1. The molecule has 0 aromatic heterocycles. The number of hydrogen-bond acceptors (Lipinski definition) is 3. The maximum atomic E-state index is 13.1. The van der Waals surface area contributed by atoms with Gasteiger partial charge in [0.1, 0.15) is 11.6 Å². The Morgan fingerprint density at radius 2 is 2.00 bits per heavy atom. The molecule has 0 spiro atoms. The van der Waals surface area contributed by atoms with Gasteiger partial charge in [-0.1, -0.05) is 0 Å². The molecule has 7 heteroatoms. The molecule has 0 saturated carbocycles. The number of carbonyl (C=O) groups is 2. The summed E-state index contributed by atoms with van der Waals surface area (Å²) in [6.45, 7) is -0.0116. The molecule has 20 heavy (non-hydrogen) atoms. The Labute approximate surface area is 114 Å². The van der Waals surface area contributed by atoms with Crippen molar-refractivity contribution in [3.8, 4) is 0 Å². The van der Waals surface area contributed by atoms with Crippen LogP contribution in [0.2, 0.25) is 0 Å². The minimum atomic E-state index is -0.777. The topological polar surface area (TPSA) is 69.6 Å². The highest BCUT2D eigenvalue weighted by atomic mass is 19.1. The summed E-state index contributed by atoms with van der Waals surface area (Å²) >= 11 is 0. The third-order valence-corrected chi connectivity index (χ3v) is 3.07. The predicted octanol–water partition coefficient (Wildman–Crippen LogP) is 0.426. The van der Waals surface area contributed by atoms with Crippen LogP contribution in [0.5, 0.6) is 0 Å². The van der Waals surface area contributed by atoms with Crippen molar-refractivity contribution in [2.75, 3.05) is 24.6 Å². The Kier molecular flexibility index (Phi) is 4.29. The molecule has 2 amide bonds. The molecule has 5 nitrogen and oxygen atoms in total. The van der Waals surface area contributed by atoms with Gasteiger partial charge in [-0.25, -0.2) is 8.78 Å². The van der Waals surface area contributed by atoms with E-state index in [1.165, 1.54) is 4.90 Å². The third-order valence-electron chi connectivity index (χ3n) is 3.07. The van der Waals surface area contributed by atoms with Crippen LogP contribution < -0.4 is 10.2 Å². The van der Waals surface area contributed by atoms with Crippen molar-refractivity contribution in [3.63, 3.8) is 0 Å². The van der Waals surface area contributed by atoms with E-state index in [1.807, 2.05) is 0 Å². The van der Waals surface area contributed by atoms with Gasteiger partial charge in [-0.15, -0.1) is 0 Å². The van der Waals surface area contributed by atoms with Crippen molar-refractivity contribution >= 4 is 17.5 Å². The number of nitrogens with zero attached hydrogens (tertiary/aromatic N) is 1. The normalized spacial score (nSPS) is 18.4. The second kappa shape index (κ2) is 5.96. The molecule has 2 rings (SSSR count). The zero-order chi connectivity index (χ0) is 14.7. The van der Waals surface area contributed by atoms with Crippen molar-refractivity contribution in [3.05, 3.63) is 29.8 Å². The lowest BCUT2D eigenvalue weighted by molar-refractivity contribution is -0.126. The summed E-state index contributed by atoms with van der Waals surface area (Å²) in [5.74, 6) is -2.85. The Morgan fingerprint density at radius 1 is 1.35 bits per heavy atom. The summed E-state index contributed by atoms with van der Waals surface area (Å²) in [5, 5.41) is 11.1. The average molecular weight is 284 g/mol. The van der Waals surface area contributed by atoms with Crippen molar-refractivity contribution < 1.29 is 23.5 Å². The van der Waals surface area contributed by atoms with Crippen LogP contribution >= 0.6 is 0 Å². The molecule has 1 heterocycles. The van der Waals surface area contributed by atoms with Crippen LogP contribution in [-0.2, 0) is 9.59 Å². The Balaban J connectivity index is 2.11. The van der Waals surface area contributed by atoms with Gasteiger partial charge < -0.3 is 15.3 Å². The molecule has 108 valence electrons. The number of anilines is 1. The number of hydrogen-bond donors (Lipinski definition) is 2. The summed E-state index contributed by atoms with van der Waals surface area (Å²) in [4.78, 5) is 24.7. The maximum Gasteiger partial charge on any atom is 0.227 e. The summed E-state index contributed by atoms with van der Waals surface area (Å²) < 4.78 is 26.3. The van der Waals surface area contributed by atoms with Crippen molar-refractivity contribution in [1.82, 2.24) is 5.32 Å². The van der Waals surface area contributed by atoms with Crippen molar-refractivity contribution in [1.29, 1.82) is 0 Å². The smallest absolute Gasteiger partial charge is 0.227 e. The lowest BCUT2D eigenvalue weighted by Gasteiger charge is -2.16. The predicted molar refractivity (Wildman–Crippen MR) is 66.9 cm³/mol. The quantitative estimate of drug-likeness (QED) is 0.842. The van der Waals surface area contributed by atoms with Crippen LogP contribution in [0, 0.1) is 17.6 Å². The summed E-state index contributed by atoms with van der Waals surface area (Å²) in [7, 11) is 0. The molecular formula is C13H14F2N2O3. The fourth-order valence-electron chi connectivity index (χ4n) is 2.15. The lowest BCUT2D eigenvalue weighted by atomic mass is 10.1. The monoisotopic (exact) mass is 284 g/mol. The maximum absolute atomic E-state index is 13.1. The standard InChI is InChI=1S/C13H14F2N2O3/c14-9-4-10(15)6-11(5-9)17-7-8(3-12(17)19)13(20)16-1-2-18/h4-6,8,18H,1-3,7H2,(H,16,20). The molecule has 1 fully saturated rings. The first-order valence-corrected chi connectivity index (χ1v) is 6.16. The van der Waals surface area contributed by atoms with Gasteiger partial charge >= 0.3 is 0 Å². The van der Waals surface area contributed by atoms with Crippen LogP contribution in [0.25, 0.3) is 0 Å². The van der Waals surface area contributed by atoms with Gasteiger partial charge in [0.25, 0.3) is 0 Å². The van der Waals surface area contributed by atoms with Crippen molar-refractivity contribution in [2.45, 2.75) is 6.42 Å². The SMILES string of the molecule is O=C(NCCO)C1CC(=O)N(c2cc(F)cc(F)c2)C1. The third kappa shape index (κ3) is 3.11. The van der Waals surface area contributed by atoms with Gasteiger partial charge in [-0.2, -0.15) is 0 Å². The van der Waals surface area contributed by atoms with E-state index in [0.717, 1.165) is 18.2 Å². The first-order chi connectivity index (χ1) is 9.51. The van der Waals surface area contributed by atoms with E-state index in [1.54, 1.807) is 0 Å². The van der Waals surface area contributed by atoms with Gasteiger partial charge in [0.2, 0.25) is 11.8 Å². The molecule has 1 aliphatic rings. The second-order valence-electron chi connectivity index (χ2n) is 4.55. The molecule has 1 aromatic carbocycles. The summed E-state index contributed by atoms with van der Waals surface area (Å²) in [6, 6.07) is 2.82. The molecule has 2 N–H and O–H groups in total. The number of nitrogens with one attached hydrogen (secondary N) is 1. The Morgan fingerprint density at radius 3 is 2.60 bits per heavy atom. The summed E-state index contributed by atoms with van der Waals surface area (Å²) in [6.07, 6.45) is -0.0185. The van der Waals surface area contributed by atoms with Gasteiger partial charge in [0.05, 0.1) is 12.5 Å². The van der Waals surface area contributed by atoms with Crippen LogP contribution in [0.1, 0.15) is 6.42 Å². The van der Waals surface area contributed by atoms with E-state index in [9.17, 15) is 18.4 Å². The number of aliphatic hydroxyl groups excluding tert-OH is 1. The molecule has 0 aliphatic carbocycles. The highest BCUT2D eigenvalue weighted by molar-refractivity contribution is 6.00. The Bertz CT molecular complexity index is 516. The molecule has 0 radical (unpaired) electrons. The minimum absolute atomic E-state index is 0.0185. The number of halogens is 2. The average Bonchev–Trinajstić information content (AvgIpc) is 2.77. The highest BCUT2D eigenvalue weighted by Gasteiger charge is 2.35. The van der Waals surface area contributed by atoms with Crippen LogP contribution in [0.15, 0.2) is 18.2 Å². The van der Waals surface area contributed by atoms with E-state index in [2.05, 4.69) is 5.32 Å². The fourth-order valence-corrected chi connectivity index (χ4v) is 2.15. The number of carbonyl (C=O) groups excluding carboxylic acids is 2. The van der Waals surface area contributed by atoms with E-state index >= 15 is 0 Å². The van der Waals surface area contributed by atoms with Gasteiger partial charge in [-0.3, -0.25) is 9.59 Å².